The van der Waals surface area contributed by atoms with Gasteiger partial charge in [0.25, 0.3) is 0 Å². The molecule has 2 aliphatic carbocycles. The molecule has 0 aromatic carbocycles. The number of hydrogen-bond acceptors (Lipinski definition) is 2. The monoisotopic (exact) mass is 240 g/mol. The fourth-order valence-electron chi connectivity index (χ4n) is 2.45. The lowest BCUT2D eigenvalue weighted by Gasteiger charge is -2.21. The number of amides is 2. The van der Waals surface area contributed by atoms with Gasteiger partial charge in [-0.3, -0.25) is 4.79 Å². The van der Waals surface area contributed by atoms with Crippen LogP contribution in [0.1, 0.15) is 38.5 Å². The van der Waals surface area contributed by atoms with E-state index in [9.17, 15) is 9.59 Å². The van der Waals surface area contributed by atoms with E-state index in [1.165, 1.54) is 30.6 Å². The van der Waals surface area contributed by atoms with Crippen molar-refractivity contribution in [3.8, 4) is 0 Å². The third kappa shape index (κ3) is 3.61. The number of carbonyl (C=O) groups excluding carboxylic acids is 1. The Kier molecular flexibility index (Phi) is 3.86. The predicted molar refractivity (Wildman–Crippen MR) is 62.7 cm³/mol. The summed E-state index contributed by atoms with van der Waals surface area (Å²) in [6.45, 7) is 0.517. The molecule has 0 spiro atoms. The minimum absolute atomic E-state index is 0.148. The van der Waals surface area contributed by atoms with Crippen LogP contribution in [0.25, 0.3) is 0 Å². The van der Waals surface area contributed by atoms with E-state index in [-0.39, 0.29) is 18.6 Å². The number of nitrogens with zero attached hydrogens (tertiary/aromatic N) is 1. The second-order valence-corrected chi connectivity index (χ2v) is 5.09. The molecule has 0 saturated heterocycles. The molecule has 0 aromatic heterocycles. The number of urea groups is 1. The highest BCUT2D eigenvalue weighted by Crippen LogP contribution is 2.27. The number of carboxylic acids is 1. The first-order valence-corrected chi connectivity index (χ1v) is 6.43. The van der Waals surface area contributed by atoms with Gasteiger partial charge in [0.2, 0.25) is 0 Å². The molecule has 2 N–H and O–H groups in total. The van der Waals surface area contributed by atoms with Crippen molar-refractivity contribution in [1.82, 2.24) is 10.2 Å². The molecular formula is C12H20N2O3. The van der Waals surface area contributed by atoms with Gasteiger partial charge >= 0.3 is 12.0 Å². The van der Waals surface area contributed by atoms with E-state index < -0.39 is 5.97 Å². The molecule has 0 aliphatic heterocycles. The number of aliphatic carboxylic acids is 1. The van der Waals surface area contributed by atoms with Crippen LogP contribution in [-0.2, 0) is 4.79 Å². The molecule has 0 aromatic rings. The smallest absolute Gasteiger partial charge is 0.323 e. The fraction of sp³-hybridized carbons (Fsp3) is 0.833. The summed E-state index contributed by atoms with van der Waals surface area (Å²) in [4.78, 5) is 24.0. The molecule has 5 heteroatoms. The van der Waals surface area contributed by atoms with Gasteiger partial charge < -0.3 is 15.3 Å². The van der Waals surface area contributed by atoms with E-state index in [1.807, 2.05) is 0 Å². The molecule has 2 rings (SSSR count). The van der Waals surface area contributed by atoms with Gasteiger partial charge in [-0.1, -0.05) is 12.8 Å². The van der Waals surface area contributed by atoms with Crippen molar-refractivity contribution in [3.05, 3.63) is 0 Å². The van der Waals surface area contributed by atoms with Crippen molar-refractivity contribution in [1.29, 1.82) is 0 Å². The molecule has 2 aliphatic rings. The maximum atomic E-state index is 11.9. The molecule has 0 bridgehead atoms. The molecule has 2 amide bonds. The molecule has 96 valence electrons. The lowest BCUT2D eigenvalue weighted by Crippen LogP contribution is -2.45. The van der Waals surface area contributed by atoms with Gasteiger partial charge in [-0.2, -0.15) is 0 Å². The first-order valence-electron chi connectivity index (χ1n) is 6.43. The zero-order valence-corrected chi connectivity index (χ0v) is 10.0. The largest absolute Gasteiger partial charge is 0.480 e. The Balaban J connectivity index is 1.77. The Morgan fingerprint density at radius 3 is 2.35 bits per heavy atom. The van der Waals surface area contributed by atoms with Crippen LogP contribution >= 0.6 is 0 Å². The SMILES string of the molecule is O=C(O)CN(C(=O)NCC1CCCC1)C1CC1. The van der Waals surface area contributed by atoms with Crippen LogP contribution in [0.3, 0.4) is 0 Å². The topological polar surface area (TPSA) is 69.6 Å². The summed E-state index contributed by atoms with van der Waals surface area (Å²) in [6, 6.07) is -0.0588. The van der Waals surface area contributed by atoms with Crippen molar-refractivity contribution in [2.75, 3.05) is 13.1 Å². The summed E-state index contributed by atoms with van der Waals surface area (Å²) in [7, 11) is 0. The first kappa shape index (κ1) is 12.2. The summed E-state index contributed by atoms with van der Waals surface area (Å²) in [5, 5.41) is 11.6. The van der Waals surface area contributed by atoms with Crippen molar-refractivity contribution >= 4 is 12.0 Å². The van der Waals surface area contributed by atoms with Crippen molar-refractivity contribution < 1.29 is 14.7 Å². The summed E-state index contributed by atoms with van der Waals surface area (Å²) in [5.41, 5.74) is 0. The van der Waals surface area contributed by atoms with E-state index in [0.717, 1.165) is 12.8 Å². The third-order valence-electron chi connectivity index (χ3n) is 3.57. The van der Waals surface area contributed by atoms with Crippen LogP contribution < -0.4 is 5.32 Å². The average Bonchev–Trinajstić information content (AvgIpc) is 2.99. The average molecular weight is 240 g/mol. The van der Waals surface area contributed by atoms with Gasteiger partial charge in [0, 0.05) is 12.6 Å². The lowest BCUT2D eigenvalue weighted by molar-refractivity contribution is -0.137. The highest BCUT2D eigenvalue weighted by molar-refractivity contribution is 5.80. The highest BCUT2D eigenvalue weighted by Gasteiger charge is 2.34. The van der Waals surface area contributed by atoms with Gasteiger partial charge in [0.15, 0.2) is 0 Å². The minimum atomic E-state index is -0.937. The second-order valence-electron chi connectivity index (χ2n) is 5.09. The molecule has 0 unspecified atom stereocenters. The Bertz CT molecular complexity index is 296. The second kappa shape index (κ2) is 5.38. The van der Waals surface area contributed by atoms with Crippen LogP contribution in [0, 0.1) is 5.92 Å². The lowest BCUT2D eigenvalue weighted by atomic mass is 10.1. The molecule has 2 saturated carbocycles. The third-order valence-corrected chi connectivity index (χ3v) is 3.57. The van der Waals surface area contributed by atoms with Crippen LogP contribution in [0.2, 0.25) is 0 Å². The number of rotatable bonds is 5. The van der Waals surface area contributed by atoms with Gasteiger partial charge in [0.05, 0.1) is 0 Å². The normalized spacial score (nSPS) is 20.2. The summed E-state index contributed by atoms with van der Waals surface area (Å²) >= 11 is 0. The highest BCUT2D eigenvalue weighted by atomic mass is 16.4. The fourth-order valence-corrected chi connectivity index (χ4v) is 2.45. The van der Waals surface area contributed by atoms with Crippen molar-refractivity contribution in [2.24, 2.45) is 5.92 Å². The molecule has 0 atom stereocenters. The van der Waals surface area contributed by atoms with Gasteiger partial charge in [-0.15, -0.1) is 0 Å². The van der Waals surface area contributed by atoms with Gasteiger partial charge in [-0.25, -0.2) is 4.79 Å². The van der Waals surface area contributed by atoms with Crippen LogP contribution in [-0.4, -0.2) is 41.1 Å². The standard InChI is InChI=1S/C12H20N2O3/c15-11(16)8-14(10-5-6-10)12(17)13-7-9-3-1-2-4-9/h9-10H,1-8H2,(H,13,17)(H,15,16). The van der Waals surface area contributed by atoms with E-state index in [1.54, 1.807) is 0 Å². The Hall–Kier alpha value is -1.26. The van der Waals surface area contributed by atoms with E-state index in [2.05, 4.69) is 5.32 Å². The maximum Gasteiger partial charge on any atom is 0.323 e. The summed E-state index contributed by atoms with van der Waals surface area (Å²) < 4.78 is 0. The molecule has 0 heterocycles. The summed E-state index contributed by atoms with van der Waals surface area (Å²) in [5.74, 6) is -0.349. The zero-order chi connectivity index (χ0) is 12.3. The van der Waals surface area contributed by atoms with E-state index in [4.69, 9.17) is 5.11 Å². The van der Waals surface area contributed by atoms with Crippen LogP contribution in [0.4, 0.5) is 4.79 Å². The minimum Gasteiger partial charge on any atom is -0.480 e. The molecule has 0 radical (unpaired) electrons. The number of carboxylic acid groups (broad SMARTS) is 1. The van der Waals surface area contributed by atoms with E-state index in [0.29, 0.717) is 12.5 Å². The van der Waals surface area contributed by atoms with Gasteiger partial charge in [0.1, 0.15) is 6.54 Å². The molecule has 5 nitrogen and oxygen atoms in total. The summed E-state index contributed by atoms with van der Waals surface area (Å²) in [6.07, 6.45) is 6.74. The van der Waals surface area contributed by atoms with Crippen molar-refractivity contribution in [2.45, 2.75) is 44.6 Å². The molecule has 2 fully saturated rings. The predicted octanol–water partition coefficient (Wildman–Crippen LogP) is 1.44. The maximum absolute atomic E-state index is 11.9. The van der Waals surface area contributed by atoms with Crippen molar-refractivity contribution in [3.63, 3.8) is 0 Å². The zero-order valence-electron chi connectivity index (χ0n) is 10.0. The Morgan fingerprint density at radius 1 is 1.18 bits per heavy atom. The van der Waals surface area contributed by atoms with Gasteiger partial charge in [-0.05, 0) is 31.6 Å². The molecule has 17 heavy (non-hydrogen) atoms. The quantitative estimate of drug-likeness (QED) is 0.764. The van der Waals surface area contributed by atoms with Crippen LogP contribution in [0.15, 0.2) is 0 Å². The Labute approximate surface area is 101 Å². The number of nitrogens with one attached hydrogen (secondary N) is 1. The molecular weight excluding hydrogens is 220 g/mol. The number of carbonyl (C=O) groups is 2. The Morgan fingerprint density at radius 2 is 1.82 bits per heavy atom. The van der Waals surface area contributed by atoms with Crippen LogP contribution in [0.5, 0.6) is 0 Å². The van der Waals surface area contributed by atoms with E-state index >= 15 is 0 Å². The number of hydrogen-bond donors (Lipinski definition) is 2. The first-order chi connectivity index (χ1) is 8.16.